The molecule has 1 saturated heterocycles. The van der Waals surface area contributed by atoms with E-state index < -0.39 is 43.1 Å². The molecule has 1 aromatic rings. The molecule has 22 heavy (non-hydrogen) atoms. The van der Waals surface area contributed by atoms with E-state index in [1.165, 1.54) is 0 Å². The molecule has 2 rings (SSSR count). The van der Waals surface area contributed by atoms with Crippen LogP contribution >= 0.6 is 0 Å². The van der Waals surface area contributed by atoms with Gasteiger partial charge >= 0.3 is 6.18 Å². The average molecular weight is 316 g/mol. The molecule has 8 heteroatoms. The highest BCUT2D eigenvalue weighted by molar-refractivity contribution is 5.96. The number of carbonyl (C=O) groups excluding carboxylic acids is 2. The third kappa shape index (κ3) is 3.38. The minimum atomic E-state index is -4.78. The maximum Gasteiger partial charge on any atom is 0.419 e. The quantitative estimate of drug-likeness (QED) is 0.872. The number of likely N-dealkylation sites (tertiary alicyclic amines) is 1. The van der Waals surface area contributed by atoms with Crippen LogP contribution in [0.1, 0.15) is 16.8 Å². The van der Waals surface area contributed by atoms with Crippen molar-refractivity contribution in [2.24, 2.45) is 0 Å². The van der Waals surface area contributed by atoms with Crippen molar-refractivity contribution in [2.45, 2.75) is 18.2 Å². The Morgan fingerprint density at radius 2 is 1.91 bits per heavy atom. The van der Waals surface area contributed by atoms with E-state index in [1.807, 2.05) is 0 Å². The van der Waals surface area contributed by atoms with E-state index in [0.717, 1.165) is 4.90 Å². The minimum absolute atomic E-state index is 0.198. The largest absolute Gasteiger partial charge is 0.419 e. The van der Waals surface area contributed by atoms with Gasteiger partial charge < -0.3 is 15.3 Å². The van der Waals surface area contributed by atoms with Gasteiger partial charge in [-0.15, -0.1) is 0 Å². The van der Waals surface area contributed by atoms with Crippen molar-refractivity contribution < 1.29 is 27.9 Å². The molecule has 1 atom stereocenters. The van der Waals surface area contributed by atoms with Crippen molar-refractivity contribution in [3.63, 3.8) is 0 Å². The Bertz CT molecular complexity index is 562. The summed E-state index contributed by atoms with van der Waals surface area (Å²) in [4.78, 5) is 24.5. The highest BCUT2D eigenvalue weighted by atomic mass is 19.4. The second-order valence-electron chi connectivity index (χ2n) is 5.14. The van der Waals surface area contributed by atoms with Gasteiger partial charge in [-0.3, -0.25) is 9.59 Å². The van der Waals surface area contributed by atoms with Crippen molar-refractivity contribution in [2.75, 3.05) is 19.6 Å². The van der Waals surface area contributed by atoms with E-state index in [1.54, 1.807) is 30.3 Å². The predicted octanol–water partition coefficient (Wildman–Crippen LogP) is 0.942. The molecular formula is C14H15F3N2O3. The third-order valence-corrected chi connectivity index (χ3v) is 3.56. The number of halogens is 3. The van der Waals surface area contributed by atoms with Crippen LogP contribution in [0, 0.1) is 0 Å². The molecule has 0 radical (unpaired) electrons. The Morgan fingerprint density at radius 1 is 1.27 bits per heavy atom. The lowest BCUT2D eigenvalue weighted by Crippen LogP contribution is -2.49. The number of aliphatic hydroxyl groups is 1. The summed E-state index contributed by atoms with van der Waals surface area (Å²) in [6.07, 6.45) is -5.34. The number of benzene rings is 1. The van der Waals surface area contributed by atoms with Crippen molar-refractivity contribution in [1.29, 1.82) is 0 Å². The summed E-state index contributed by atoms with van der Waals surface area (Å²) in [5.74, 6) is -1.15. The topological polar surface area (TPSA) is 69.6 Å². The summed E-state index contributed by atoms with van der Waals surface area (Å²) in [5, 5.41) is 11.8. The molecule has 2 amide bonds. The fraction of sp³-hybridized carbons (Fsp3) is 0.429. The van der Waals surface area contributed by atoms with Gasteiger partial charge in [0.2, 0.25) is 5.91 Å². The van der Waals surface area contributed by atoms with Gasteiger partial charge in [-0.25, -0.2) is 0 Å². The van der Waals surface area contributed by atoms with Gasteiger partial charge in [-0.1, -0.05) is 18.2 Å². The maximum atomic E-state index is 12.7. The van der Waals surface area contributed by atoms with Crippen LogP contribution in [0.2, 0.25) is 0 Å². The standard InChI is InChI=1S/C14H15F3N2O3/c15-14(16,17)13(22)6-7-19(9-13)11(20)8-18-12(21)10-4-2-1-3-5-10/h1-5,22H,6-9H2,(H,18,21). The molecule has 0 aromatic heterocycles. The summed E-state index contributed by atoms with van der Waals surface area (Å²) < 4.78 is 38.0. The van der Waals surface area contributed by atoms with Gasteiger partial charge in [-0.2, -0.15) is 13.2 Å². The van der Waals surface area contributed by atoms with Crippen molar-refractivity contribution in [3.05, 3.63) is 35.9 Å². The van der Waals surface area contributed by atoms with Crippen LogP contribution in [0.25, 0.3) is 0 Å². The van der Waals surface area contributed by atoms with Gasteiger partial charge in [0, 0.05) is 18.5 Å². The Balaban J connectivity index is 1.88. The lowest BCUT2D eigenvalue weighted by atomic mass is 10.0. The van der Waals surface area contributed by atoms with E-state index in [2.05, 4.69) is 5.32 Å². The number of nitrogens with zero attached hydrogens (tertiary/aromatic N) is 1. The number of hydrogen-bond donors (Lipinski definition) is 2. The first-order valence-electron chi connectivity index (χ1n) is 6.63. The third-order valence-electron chi connectivity index (χ3n) is 3.56. The van der Waals surface area contributed by atoms with Gasteiger partial charge in [0.15, 0.2) is 5.60 Å². The molecule has 5 nitrogen and oxygen atoms in total. The van der Waals surface area contributed by atoms with Crippen LogP contribution in [0.15, 0.2) is 30.3 Å². The maximum absolute atomic E-state index is 12.7. The molecular weight excluding hydrogens is 301 g/mol. The van der Waals surface area contributed by atoms with Crippen LogP contribution in [-0.2, 0) is 4.79 Å². The number of alkyl halides is 3. The molecule has 1 fully saturated rings. The average Bonchev–Trinajstić information content (AvgIpc) is 2.89. The molecule has 1 heterocycles. The zero-order chi connectivity index (χ0) is 16.4. The summed E-state index contributed by atoms with van der Waals surface area (Å²) in [6, 6.07) is 8.14. The zero-order valence-electron chi connectivity index (χ0n) is 11.6. The molecule has 0 aliphatic carbocycles. The Hall–Kier alpha value is -2.09. The monoisotopic (exact) mass is 316 g/mol. The van der Waals surface area contributed by atoms with Crippen LogP contribution in [0.3, 0.4) is 0 Å². The fourth-order valence-corrected chi connectivity index (χ4v) is 2.20. The second-order valence-corrected chi connectivity index (χ2v) is 5.14. The SMILES string of the molecule is O=C(NCC(=O)N1CCC(O)(C(F)(F)F)C1)c1ccccc1. The molecule has 1 unspecified atom stereocenters. The van der Waals surface area contributed by atoms with Gasteiger partial charge in [0.1, 0.15) is 0 Å². The second kappa shape index (κ2) is 5.96. The molecule has 2 N–H and O–H groups in total. The fourth-order valence-electron chi connectivity index (χ4n) is 2.20. The van der Waals surface area contributed by atoms with Crippen LogP contribution in [0.4, 0.5) is 13.2 Å². The van der Waals surface area contributed by atoms with Crippen LogP contribution in [0.5, 0.6) is 0 Å². The van der Waals surface area contributed by atoms with E-state index >= 15 is 0 Å². The molecule has 1 aromatic carbocycles. The van der Waals surface area contributed by atoms with E-state index in [-0.39, 0.29) is 6.54 Å². The number of rotatable bonds is 3. The molecule has 120 valence electrons. The smallest absolute Gasteiger partial charge is 0.379 e. The Labute approximate surface area is 124 Å². The number of hydrogen-bond acceptors (Lipinski definition) is 3. The predicted molar refractivity (Wildman–Crippen MR) is 71.0 cm³/mol. The molecule has 0 saturated carbocycles. The normalized spacial score (nSPS) is 21.7. The van der Waals surface area contributed by atoms with E-state index in [9.17, 15) is 27.9 Å². The number of β-amino-alcohol motifs (C(OH)–C–C–N with tert-alkyl or cyclic N) is 1. The Morgan fingerprint density at radius 3 is 2.45 bits per heavy atom. The van der Waals surface area contributed by atoms with Crippen LogP contribution in [-0.4, -0.2) is 53.2 Å². The van der Waals surface area contributed by atoms with E-state index in [4.69, 9.17) is 0 Å². The van der Waals surface area contributed by atoms with Gasteiger partial charge in [0.05, 0.1) is 13.1 Å². The first-order valence-corrected chi connectivity index (χ1v) is 6.63. The van der Waals surface area contributed by atoms with Gasteiger partial charge in [0.25, 0.3) is 5.91 Å². The first-order chi connectivity index (χ1) is 10.2. The van der Waals surface area contributed by atoms with Crippen molar-refractivity contribution in [3.8, 4) is 0 Å². The van der Waals surface area contributed by atoms with E-state index in [0.29, 0.717) is 5.56 Å². The Kier molecular flexibility index (Phi) is 4.41. The minimum Gasteiger partial charge on any atom is -0.379 e. The molecule has 1 aliphatic rings. The number of carbonyl (C=O) groups is 2. The molecule has 0 bridgehead atoms. The summed E-state index contributed by atoms with van der Waals surface area (Å²) in [7, 11) is 0. The molecule has 0 spiro atoms. The van der Waals surface area contributed by atoms with Crippen molar-refractivity contribution >= 4 is 11.8 Å². The lowest BCUT2D eigenvalue weighted by molar-refractivity contribution is -0.253. The molecule has 1 aliphatic heterocycles. The summed E-state index contributed by atoms with van der Waals surface area (Å²) >= 11 is 0. The first kappa shape index (κ1) is 16.3. The van der Waals surface area contributed by atoms with Crippen LogP contribution < -0.4 is 5.32 Å². The highest BCUT2D eigenvalue weighted by Crippen LogP contribution is 2.37. The zero-order valence-corrected chi connectivity index (χ0v) is 11.6. The number of nitrogens with one attached hydrogen (secondary N) is 1. The summed E-state index contributed by atoms with van der Waals surface area (Å²) in [6.45, 7) is -1.42. The summed E-state index contributed by atoms with van der Waals surface area (Å²) in [5.41, 5.74) is -2.52. The number of amides is 2. The van der Waals surface area contributed by atoms with Gasteiger partial charge in [-0.05, 0) is 12.1 Å². The highest BCUT2D eigenvalue weighted by Gasteiger charge is 2.57. The lowest BCUT2D eigenvalue weighted by Gasteiger charge is -2.25. The van der Waals surface area contributed by atoms with Crippen molar-refractivity contribution in [1.82, 2.24) is 10.2 Å².